The maximum atomic E-state index is 13.0. The first-order valence-corrected chi connectivity index (χ1v) is 8.05. The number of ether oxygens (including phenoxy) is 4. The Bertz CT molecular complexity index is 539. The van der Waals surface area contributed by atoms with E-state index in [1.165, 1.54) is 21.3 Å². The quantitative estimate of drug-likeness (QED) is 0.807. The Labute approximate surface area is 142 Å². The van der Waals surface area contributed by atoms with E-state index in [4.69, 9.17) is 24.7 Å². The van der Waals surface area contributed by atoms with Crippen LogP contribution in [0.2, 0.25) is 0 Å². The highest BCUT2D eigenvalue weighted by Gasteiger charge is 2.29. The van der Waals surface area contributed by atoms with E-state index in [0.29, 0.717) is 49.1 Å². The molecule has 2 rings (SSSR count). The van der Waals surface area contributed by atoms with Crippen LogP contribution >= 0.6 is 0 Å². The number of amides is 1. The summed E-state index contributed by atoms with van der Waals surface area (Å²) in [6.07, 6.45) is 1.68. The van der Waals surface area contributed by atoms with E-state index in [0.717, 1.165) is 12.8 Å². The Morgan fingerprint density at radius 3 is 2.46 bits per heavy atom. The van der Waals surface area contributed by atoms with Gasteiger partial charge in [0.2, 0.25) is 5.75 Å². The number of nitrogens with zero attached hydrogens (tertiary/aromatic N) is 1. The van der Waals surface area contributed by atoms with Crippen molar-refractivity contribution < 1.29 is 23.7 Å². The molecule has 0 aliphatic carbocycles. The minimum atomic E-state index is -0.0698. The topological polar surface area (TPSA) is 83.2 Å². The van der Waals surface area contributed by atoms with Crippen LogP contribution in [0.3, 0.4) is 0 Å². The SMILES string of the molecule is COc1cc(C(=O)N2CCOCC2CCCN)cc(OC)c1OC. The van der Waals surface area contributed by atoms with Crippen LogP contribution in [0.5, 0.6) is 17.2 Å². The molecule has 1 aliphatic rings. The third-order valence-electron chi connectivity index (χ3n) is 4.14. The fourth-order valence-electron chi connectivity index (χ4n) is 2.89. The van der Waals surface area contributed by atoms with Crippen molar-refractivity contribution in [2.75, 3.05) is 47.6 Å². The summed E-state index contributed by atoms with van der Waals surface area (Å²) < 4.78 is 21.5. The number of methoxy groups -OCH3 is 3. The molecule has 1 aliphatic heterocycles. The van der Waals surface area contributed by atoms with Gasteiger partial charge in [-0.05, 0) is 31.5 Å². The molecule has 24 heavy (non-hydrogen) atoms. The van der Waals surface area contributed by atoms with Crippen molar-refractivity contribution in [1.82, 2.24) is 4.90 Å². The Kier molecular flexibility index (Phi) is 6.69. The van der Waals surface area contributed by atoms with Gasteiger partial charge in [-0.15, -0.1) is 0 Å². The average Bonchev–Trinajstić information content (AvgIpc) is 2.64. The van der Waals surface area contributed by atoms with Crippen LogP contribution < -0.4 is 19.9 Å². The van der Waals surface area contributed by atoms with Crippen molar-refractivity contribution in [2.24, 2.45) is 5.73 Å². The van der Waals surface area contributed by atoms with Crippen molar-refractivity contribution >= 4 is 5.91 Å². The molecule has 0 saturated carbocycles. The molecule has 1 heterocycles. The molecule has 1 aromatic rings. The summed E-state index contributed by atoms with van der Waals surface area (Å²) in [6, 6.07) is 3.40. The van der Waals surface area contributed by atoms with Gasteiger partial charge >= 0.3 is 0 Å². The van der Waals surface area contributed by atoms with Gasteiger partial charge < -0.3 is 29.6 Å². The molecular formula is C17H26N2O5. The summed E-state index contributed by atoms with van der Waals surface area (Å²) in [6.45, 7) is 2.24. The third-order valence-corrected chi connectivity index (χ3v) is 4.14. The lowest BCUT2D eigenvalue weighted by atomic mass is 10.1. The molecule has 2 N–H and O–H groups in total. The molecule has 1 unspecified atom stereocenters. The number of hydrogen-bond donors (Lipinski definition) is 1. The standard InChI is InChI=1S/C17H26N2O5/c1-21-14-9-12(10-15(22-2)16(14)23-3)17(20)19-7-8-24-11-13(19)5-4-6-18/h9-10,13H,4-8,11,18H2,1-3H3. The first-order valence-electron chi connectivity index (χ1n) is 8.05. The number of morpholine rings is 1. The molecule has 0 spiro atoms. The van der Waals surface area contributed by atoms with Gasteiger partial charge in [0.1, 0.15) is 0 Å². The number of carbonyl (C=O) groups is 1. The molecule has 7 nitrogen and oxygen atoms in total. The van der Waals surface area contributed by atoms with Gasteiger partial charge in [0.15, 0.2) is 11.5 Å². The van der Waals surface area contributed by atoms with Crippen molar-refractivity contribution in [2.45, 2.75) is 18.9 Å². The van der Waals surface area contributed by atoms with E-state index in [1.807, 2.05) is 4.90 Å². The van der Waals surface area contributed by atoms with Gasteiger partial charge in [0.05, 0.1) is 40.6 Å². The lowest BCUT2D eigenvalue weighted by Gasteiger charge is -2.36. The molecule has 0 bridgehead atoms. The highest BCUT2D eigenvalue weighted by molar-refractivity contribution is 5.96. The Balaban J connectivity index is 2.30. The smallest absolute Gasteiger partial charge is 0.254 e. The predicted octanol–water partition coefficient (Wildman–Crippen LogP) is 1.29. The first kappa shape index (κ1) is 18.4. The molecule has 1 saturated heterocycles. The van der Waals surface area contributed by atoms with E-state index in [2.05, 4.69) is 0 Å². The third kappa shape index (κ3) is 3.91. The average molecular weight is 338 g/mol. The van der Waals surface area contributed by atoms with E-state index < -0.39 is 0 Å². The molecule has 1 atom stereocenters. The molecule has 1 amide bonds. The number of hydrogen-bond acceptors (Lipinski definition) is 6. The summed E-state index contributed by atoms with van der Waals surface area (Å²) in [5.74, 6) is 1.33. The van der Waals surface area contributed by atoms with Crippen LogP contribution in [-0.4, -0.2) is 64.5 Å². The zero-order valence-corrected chi connectivity index (χ0v) is 14.5. The fraction of sp³-hybridized carbons (Fsp3) is 0.588. The second-order valence-corrected chi connectivity index (χ2v) is 5.57. The molecule has 134 valence electrons. The molecule has 0 radical (unpaired) electrons. The van der Waals surface area contributed by atoms with Crippen LogP contribution in [0.15, 0.2) is 12.1 Å². The lowest BCUT2D eigenvalue weighted by Crippen LogP contribution is -2.48. The Hall–Kier alpha value is -1.99. The molecule has 1 fully saturated rings. The summed E-state index contributed by atoms with van der Waals surface area (Å²) >= 11 is 0. The van der Waals surface area contributed by atoms with E-state index in [-0.39, 0.29) is 11.9 Å². The second-order valence-electron chi connectivity index (χ2n) is 5.57. The molecular weight excluding hydrogens is 312 g/mol. The fourth-order valence-corrected chi connectivity index (χ4v) is 2.89. The zero-order chi connectivity index (χ0) is 17.5. The largest absolute Gasteiger partial charge is 0.493 e. The van der Waals surface area contributed by atoms with Gasteiger partial charge in [-0.25, -0.2) is 0 Å². The summed E-state index contributed by atoms with van der Waals surface area (Å²) in [5, 5.41) is 0. The van der Waals surface area contributed by atoms with Crippen molar-refractivity contribution in [3.05, 3.63) is 17.7 Å². The highest BCUT2D eigenvalue weighted by atomic mass is 16.5. The van der Waals surface area contributed by atoms with Crippen LogP contribution in [0, 0.1) is 0 Å². The summed E-state index contributed by atoms with van der Waals surface area (Å²) in [4.78, 5) is 14.8. The van der Waals surface area contributed by atoms with Gasteiger partial charge in [-0.2, -0.15) is 0 Å². The Morgan fingerprint density at radius 1 is 1.25 bits per heavy atom. The van der Waals surface area contributed by atoms with E-state index in [1.54, 1.807) is 12.1 Å². The minimum Gasteiger partial charge on any atom is -0.493 e. The Morgan fingerprint density at radius 2 is 1.92 bits per heavy atom. The zero-order valence-electron chi connectivity index (χ0n) is 14.5. The summed E-state index contributed by atoms with van der Waals surface area (Å²) in [7, 11) is 4.60. The summed E-state index contributed by atoms with van der Waals surface area (Å²) in [5.41, 5.74) is 6.10. The van der Waals surface area contributed by atoms with Gasteiger partial charge in [0, 0.05) is 12.1 Å². The van der Waals surface area contributed by atoms with Crippen LogP contribution in [0.4, 0.5) is 0 Å². The monoisotopic (exact) mass is 338 g/mol. The van der Waals surface area contributed by atoms with Crippen LogP contribution in [0.1, 0.15) is 23.2 Å². The predicted molar refractivity (Wildman–Crippen MR) is 90.0 cm³/mol. The lowest BCUT2D eigenvalue weighted by molar-refractivity contribution is -0.00453. The van der Waals surface area contributed by atoms with Crippen molar-refractivity contribution in [3.63, 3.8) is 0 Å². The number of rotatable bonds is 7. The number of nitrogens with two attached hydrogens (primary N) is 1. The maximum Gasteiger partial charge on any atom is 0.254 e. The first-order chi connectivity index (χ1) is 11.7. The second kappa shape index (κ2) is 8.75. The number of carbonyl (C=O) groups excluding carboxylic acids is 1. The van der Waals surface area contributed by atoms with Crippen LogP contribution in [0.25, 0.3) is 0 Å². The normalized spacial score (nSPS) is 17.5. The number of benzene rings is 1. The van der Waals surface area contributed by atoms with Crippen LogP contribution in [-0.2, 0) is 4.74 Å². The van der Waals surface area contributed by atoms with Gasteiger partial charge in [-0.3, -0.25) is 4.79 Å². The maximum absolute atomic E-state index is 13.0. The highest BCUT2D eigenvalue weighted by Crippen LogP contribution is 2.38. The van der Waals surface area contributed by atoms with E-state index >= 15 is 0 Å². The van der Waals surface area contributed by atoms with Gasteiger partial charge in [0.25, 0.3) is 5.91 Å². The van der Waals surface area contributed by atoms with Gasteiger partial charge in [-0.1, -0.05) is 0 Å². The van der Waals surface area contributed by atoms with Crippen molar-refractivity contribution in [3.8, 4) is 17.2 Å². The molecule has 7 heteroatoms. The van der Waals surface area contributed by atoms with E-state index in [9.17, 15) is 4.79 Å². The van der Waals surface area contributed by atoms with Crippen molar-refractivity contribution in [1.29, 1.82) is 0 Å². The molecule has 1 aromatic carbocycles. The minimum absolute atomic E-state index is 0.0360. The molecule has 0 aromatic heterocycles.